The van der Waals surface area contributed by atoms with Gasteiger partial charge in [-0.15, -0.1) is 0 Å². The van der Waals surface area contributed by atoms with Crippen LogP contribution >= 0.6 is 47.8 Å². The first-order chi connectivity index (χ1) is 10.9. The average Bonchev–Trinajstić information content (AvgIpc) is 2.92. The molecule has 23 heavy (non-hydrogen) atoms. The Morgan fingerprint density at radius 1 is 1.39 bits per heavy atom. The van der Waals surface area contributed by atoms with Crippen LogP contribution in [0.3, 0.4) is 0 Å². The topological polar surface area (TPSA) is 32.8 Å². The minimum absolute atomic E-state index is 0.0176. The Balaban J connectivity index is 2.21. The molecule has 1 unspecified atom stereocenters. The maximum atomic E-state index is 12.5. The molecule has 1 aromatic carbocycles. The normalized spacial score (nSPS) is 18.6. The van der Waals surface area contributed by atoms with Crippen LogP contribution in [0.25, 0.3) is 6.08 Å². The lowest BCUT2D eigenvalue weighted by atomic mass is 10.2. The van der Waals surface area contributed by atoms with Crippen molar-refractivity contribution in [2.75, 3.05) is 27.7 Å². The number of likely N-dealkylation sites (tertiary alicyclic amines) is 1. The molecule has 1 aromatic rings. The Hall–Kier alpha value is -0.370. The quantitative estimate of drug-likeness (QED) is 0.597. The largest absolute Gasteiger partial charge is 0.494 e. The Kier molecular flexibility index (Phi) is 6.71. The van der Waals surface area contributed by atoms with Gasteiger partial charge in [0.25, 0.3) is 0 Å². The second-order valence-corrected chi connectivity index (χ2v) is 8.01. The van der Waals surface area contributed by atoms with Gasteiger partial charge in [-0.2, -0.15) is 0 Å². The number of nitrogens with zero attached hydrogens (tertiary/aromatic N) is 2. The smallest absolute Gasteiger partial charge is 0.243 e. The number of rotatable bonds is 4. The maximum absolute atomic E-state index is 12.5. The number of carbonyl (C=O) groups excluding carboxylic acids is 1. The number of hydrogen-bond acceptors (Lipinski definition) is 3. The van der Waals surface area contributed by atoms with Gasteiger partial charge in [-0.3, -0.25) is 9.69 Å². The predicted molar refractivity (Wildman–Crippen MR) is 104 cm³/mol. The molecular weight excluding hydrogens is 492 g/mol. The second-order valence-electron chi connectivity index (χ2n) is 5.50. The molecule has 0 saturated carbocycles. The minimum atomic E-state index is -0.0176. The molecule has 126 valence electrons. The van der Waals surface area contributed by atoms with Gasteiger partial charge in [0.05, 0.1) is 22.1 Å². The molecule has 1 aliphatic rings. The molecule has 4 nitrogen and oxygen atoms in total. The van der Waals surface area contributed by atoms with Crippen LogP contribution in [0.2, 0.25) is 0 Å². The summed E-state index contributed by atoms with van der Waals surface area (Å²) in [4.78, 5) is 16.3. The zero-order valence-corrected chi connectivity index (χ0v) is 18.0. The van der Waals surface area contributed by atoms with Crippen molar-refractivity contribution >= 4 is 59.8 Å². The number of ether oxygens (including phenoxy) is 1. The molecule has 1 fully saturated rings. The minimum Gasteiger partial charge on any atom is -0.494 e. The Labute approximate surface area is 162 Å². The van der Waals surface area contributed by atoms with E-state index in [0.717, 1.165) is 44.1 Å². The lowest BCUT2D eigenvalue weighted by Crippen LogP contribution is -2.40. The zero-order valence-electron chi connectivity index (χ0n) is 13.3. The van der Waals surface area contributed by atoms with E-state index in [1.54, 1.807) is 25.3 Å². The highest BCUT2D eigenvalue weighted by molar-refractivity contribution is 9.11. The van der Waals surface area contributed by atoms with E-state index in [9.17, 15) is 4.79 Å². The van der Waals surface area contributed by atoms with Crippen LogP contribution in [0.15, 0.2) is 25.7 Å². The fourth-order valence-electron chi connectivity index (χ4n) is 2.64. The number of methoxy groups -OCH3 is 1. The lowest BCUT2D eigenvalue weighted by Gasteiger charge is -2.22. The standard InChI is InChI=1S/C16H19Br3N2O2/c1-20-7-4-5-13(20)16(22)21(2)8-6-10-11(17)9-12(18)15(23-3)14(10)19/h6,8-9,13H,4-5,7H2,1-3H3. The van der Waals surface area contributed by atoms with Crippen LogP contribution in [0, 0.1) is 0 Å². The highest BCUT2D eigenvalue weighted by Gasteiger charge is 2.29. The van der Waals surface area contributed by atoms with Crippen molar-refractivity contribution in [1.82, 2.24) is 9.80 Å². The van der Waals surface area contributed by atoms with Crippen molar-refractivity contribution in [2.24, 2.45) is 0 Å². The molecule has 1 amide bonds. The van der Waals surface area contributed by atoms with Gasteiger partial charge in [-0.1, -0.05) is 15.9 Å². The maximum Gasteiger partial charge on any atom is 0.243 e. The molecule has 0 aromatic heterocycles. The number of benzene rings is 1. The highest BCUT2D eigenvalue weighted by atomic mass is 79.9. The first-order valence-electron chi connectivity index (χ1n) is 7.23. The molecular formula is C16H19Br3N2O2. The van der Waals surface area contributed by atoms with E-state index in [-0.39, 0.29) is 11.9 Å². The van der Waals surface area contributed by atoms with Gasteiger partial charge in [0.1, 0.15) is 5.75 Å². The molecule has 1 saturated heterocycles. The summed E-state index contributed by atoms with van der Waals surface area (Å²) in [6, 6.07) is 1.91. The van der Waals surface area contributed by atoms with Gasteiger partial charge in [0.15, 0.2) is 0 Å². The van der Waals surface area contributed by atoms with Crippen molar-refractivity contribution in [1.29, 1.82) is 0 Å². The first-order valence-corrected chi connectivity index (χ1v) is 9.61. The summed E-state index contributed by atoms with van der Waals surface area (Å²) < 4.78 is 7.98. The van der Waals surface area contributed by atoms with Crippen LogP contribution in [-0.2, 0) is 4.79 Å². The van der Waals surface area contributed by atoms with Crippen LogP contribution in [0.1, 0.15) is 18.4 Å². The first kappa shape index (κ1) is 19.0. The van der Waals surface area contributed by atoms with Gasteiger partial charge in [-0.25, -0.2) is 0 Å². The summed E-state index contributed by atoms with van der Waals surface area (Å²) in [7, 11) is 5.42. The number of carbonyl (C=O) groups is 1. The third-order valence-electron chi connectivity index (χ3n) is 3.99. The average molecular weight is 511 g/mol. The van der Waals surface area contributed by atoms with Crippen LogP contribution in [0.4, 0.5) is 0 Å². The summed E-state index contributed by atoms with van der Waals surface area (Å²) in [5.41, 5.74) is 0.921. The van der Waals surface area contributed by atoms with Gasteiger partial charge < -0.3 is 9.64 Å². The van der Waals surface area contributed by atoms with Gasteiger partial charge in [0, 0.05) is 23.3 Å². The Bertz CT molecular complexity index is 634. The molecule has 1 atom stereocenters. The molecule has 0 aliphatic carbocycles. The lowest BCUT2D eigenvalue weighted by molar-refractivity contribution is -0.131. The van der Waals surface area contributed by atoms with Crippen molar-refractivity contribution in [3.05, 3.63) is 31.2 Å². The SMILES string of the molecule is COc1c(Br)cc(Br)c(C=CN(C)C(=O)C2CCCN2C)c1Br. The molecule has 1 heterocycles. The van der Waals surface area contributed by atoms with Crippen molar-refractivity contribution in [2.45, 2.75) is 18.9 Å². The second kappa shape index (κ2) is 8.14. The molecule has 0 N–H and O–H groups in total. The van der Waals surface area contributed by atoms with Gasteiger partial charge >= 0.3 is 0 Å². The monoisotopic (exact) mass is 508 g/mol. The summed E-state index contributed by atoms with van der Waals surface area (Å²) in [5.74, 6) is 0.843. The molecule has 0 radical (unpaired) electrons. The van der Waals surface area contributed by atoms with Gasteiger partial charge in [-0.05, 0) is 70.4 Å². The fourth-order valence-corrected chi connectivity index (χ4v) is 5.35. The fraction of sp³-hybridized carbons (Fsp3) is 0.438. The van der Waals surface area contributed by atoms with Crippen molar-refractivity contribution in [3.8, 4) is 5.75 Å². The molecule has 7 heteroatoms. The summed E-state index contributed by atoms with van der Waals surface area (Å²) in [5, 5.41) is 0. The van der Waals surface area contributed by atoms with E-state index in [1.807, 2.05) is 19.2 Å². The highest BCUT2D eigenvalue weighted by Crippen LogP contribution is 2.40. The molecule has 2 rings (SSSR count). The van der Waals surface area contributed by atoms with E-state index in [0.29, 0.717) is 0 Å². The third kappa shape index (κ3) is 4.18. The van der Waals surface area contributed by atoms with Crippen LogP contribution in [-0.4, -0.2) is 49.5 Å². The van der Waals surface area contributed by atoms with Crippen LogP contribution < -0.4 is 4.74 Å². The summed E-state index contributed by atoms with van der Waals surface area (Å²) >= 11 is 10.6. The van der Waals surface area contributed by atoms with E-state index < -0.39 is 0 Å². The van der Waals surface area contributed by atoms with E-state index in [1.165, 1.54) is 0 Å². The number of amides is 1. The molecule has 0 bridgehead atoms. The Morgan fingerprint density at radius 3 is 2.65 bits per heavy atom. The number of likely N-dealkylation sites (N-methyl/N-ethyl adjacent to an activating group) is 2. The molecule has 1 aliphatic heterocycles. The zero-order chi connectivity index (χ0) is 17.1. The Morgan fingerprint density at radius 2 is 2.09 bits per heavy atom. The molecule has 0 spiro atoms. The van der Waals surface area contributed by atoms with Crippen molar-refractivity contribution < 1.29 is 9.53 Å². The van der Waals surface area contributed by atoms with E-state index >= 15 is 0 Å². The van der Waals surface area contributed by atoms with E-state index in [2.05, 4.69) is 52.7 Å². The van der Waals surface area contributed by atoms with E-state index in [4.69, 9.17) is 4.74 Å². The predicted octanol–water partition coefficient (Wildman–Crippen LogP) is 4.51. The third-order valence-corrected chi connectivity index (χ3v) is 6.02. The van der Waals surface area contributed by atoms with Crippen molar-refractivity contribution in [3.63, 3.8) is 0 Å². The van der Waals surface area contributed by atoms with Gasteiger partial charge in [0.2, 0.25) is 5.91 Å². The summed E-state index contributed by atoms with van der Waals surface area (Å²) in [6.45, 7) is 0.981. The number of hydrogen-bond donors (Lipinski definition) is 0. The summed E-state index contributed by atoms with van der Waals surface area (Å²) in [6.07, 6.45) is 5.70. The number of halogens is 3. The van der Waals surface area contributed by atoms with Crippen LogP contribution in [0.5, 0.6) is 5.75 Å².